The van der Waals surface area contributed by atoms with Gasteiger partial charge in [0.1, 0.15) is 0 Å². The molecule has 0 aliphatic heterocycles. The van der Waals surface area contributed by atoms with Crippen molar-refractivity contribution in [2.75, 3.05) is 0 Å². The molecule has 3 aliphatic rings. The van der Waals surface area contributed by atoms with Crippen LogP contribution in [-0.2, 0) is 0 Å². The maximum atomic E-state index is 12.5. The van der Waals surface area contributed by atoms with Crippen molar-refractivity contribution in [3.05, 3.63) is 35.4 Å². The number of hydrogen-bond donors (Lipinski definition) is 0. The maximum Gasteiger partial charge on any atom is 0.167 e. The van der Waals surface area contributed by atoms with Crippen molar-refractivity contribution >= 4 is 11.6 Å². The van der Waals surface area contributed by atoms with Crippen LogP contribution in [0.25, 0.3) is 0 Å². The predicted molar refractivity (Wildman–Crippen MR) is 62.9 cm³/mol. The molecule has 2 bridgehead atoms. The van der Waals surface area contributed by atoms with Crippen molar-refractivity contribution in [3.63, 3.8) is 0 Å². The van der Waals surface area contributed by atoms with Crippen molar-refractivity contribution in [2.45, 2.75) is 19.3 Å². The largest absolute Gasteiger partial charge is 0.294 e. The van der Waals surface area contributed by atoms with Crippen LogP contribution in [0.5, 0.6) is 0 Å². The van der Waals surface area contributed by atoms with Crippen LogP contribution in [0.4, 0.5) is 0 Å². The first-order chi connectivity index (χ1) is 8.27. The lowest BCUT2D eigenvalue weighted by atomic mass is 9.67. The summed E-state index contributed by atoms with van der Waals surface area (Å²) in [4.78, 5) is 25.0. The van der Waals surface area contributed by atoms with Crippen LogP contribution in [0, 0.1) is 23.7 Å². The third kappa shape index (κ3) is 1.06. The number of hydrogen-bond acceptors (Lipinski definition) is 2. The van der Waals surface area contributed by atoms with Gasteiger partial charge in [-0.2, -0.15) is 0 Å². The van der Waals surface area contributed by atoms with Crippen molar-refractivity contribution in [2.24, 2.45) is 23.7 Å². The Balaban J connectivity index is 1.91. The van der Waals surface area contributed by atoms with Gasteiger partial charge in [-0.1, -0.05) is 24.3 Å². The summed E-state index contributed by atoms with van der Waals surface area (Å²) in [6.45, 7) is 0. The third-order valence-corrected chi connectivity index (χ3v) is 4.98. The first-order valence-electron chi connectivity index (χ1n) is 6.45. The van der Waals surface area contributed by atoms with Crippen molar-refractivity contribution < 1.29 is 9.59 Å². The van der Waals surface area contributed by atoms with Crippen LogP contribution in [-0.4, -0.2) is 11.6 Å². The molecule has 1 aromatic rings. The molecular formula is C15H14O2. The molecule has 0 saturated heterocycles. The molecule has 4 unspecified atom stereocenters. The molecule has 1 aromatic carbocycles. The molecule has 0 N–H and O–H groups in total. The standard InChI is InChI=1S/C15H14O2/c16-14-10-3-1-2-4-11(10)15(17)13-9-6-5-8(7-9)12(13)14/h1-4,8-9,12-13H,5-7H2. The van der Waals surface area contributed by atoms with Crippen LogP contribution >= 0.6 is 0 Å². The second-order valence-electron chi connectivity index (χ2n) is 5.66. The van der Waals surface area contributed by atoms with Gasteiger partial charge < -0.3 is 0 Å². The molecule has 0 radical (unpaired) electrons. The van der Waals surface area contributed by atoms with E-state index in [0.717, 1.165) is 19.3 Å². The van der Waals surface area contributed by atoms with E-state index >= 15 is 0 Å². The van der Waals surface area contributed by atoms with E-state index in [1.807, 2.05) is 24.3 Å². The lowest BCUT2D eigenvalue weighted by Crippen LogP contribution is -2.40. The quantitative estimate of drug-likeness (QED) is 0.681. The van der Waals surface area contributed by atoms with Gasteiger partial charge in [0, 0.05) is 23.0 Å². The van der Waals surface area contributed by atoms with Gasteiger partial charge >= 0.3 is 0 Å². The van der Waals surface area contributed by atoms with Gasteiger partial charge in [0.05, 0.1) is 0 Å². The normalized spacial score (nSPS) is 38.1. The van der Waals surface area contributed by atoms with E-state index in [2.05, 4.69) is 0 Å². The average molecular weight is 226 g/mol. The zero-order chi connectivity index (χ0) is 11.6. The van der Waals surface area contributed by atoms with Crippen molar-refractivity contribution in [1.82, 2.24) is 0 Å². The Kier molecular flexibility index (Phi) is 1.73. The molecule has 0 heterocycles. The van der Waals surface area contributed by atoms with Crippen molar-refractivity contribution in [3.8, 4) is 0 Å². The van der Waals surface area contributed by atoms with Gasteiger partial charge in [-0.25, -0.2) is 0 Å². The number of carbonyl (C=O) groups is 2. The second-order valence-corrected chi connectivity index (χ2v) is 5.66. The van der Waals surface area contributed by atoms with Crippen LogP contribution in [0.2, 0.25) is 0 Å². The smallest absolute Gasteiger partial charge is 0.167 e. The molecule has 2 heteroatoms. The highest BCUT2D eigenvalue weighted by Crippen LogP contribution is 2.56. The Morgan fingerprint density at radius 3 is 1.76 bits per heavy atom. The number of benzene rings is 1. The Labute approximate surface area is 100 Å². The Morgan fingerprint density at radius 2 is 1.29 bits per heavy atom. The summed E-state index contributed by atoms with van der Waals surface area (Å²) in [5, 5.41) is 0. The van der Waals surface area contributed by atoms with Crippen LogP contribution < -0.4 is 0 Å². The van der Waals surface area contributed by atoms with Crippen molar-refractivity contribution in [1.29, 1.82) is 0 Å². The fourth-order valence-corrected chi connectivity index (χ4v) is 4.32. The maximum absolute atomic E-state index is 12.5. The van der Waals surface area contributed by atoms with E-state index in [9.17, 15) is 9.59 Å². The van der Waals surface area contributed by atoms with Gasteiger partial charge in [-0.05, 0) is 31.1 Å². The van der Waals surface area contributed by atoms with E-state index in [1.165, 1.54) is 0 Å². The Hall–Kier alpha value is -1.44. The average Bonchev–Trinajstić information content (AvgIpc) is 2.96. The summed E-state index contributed by atoms with van der Waals surface area (Å²) in [7, 11) is 0. The first-order valence-corrected chi connectivity index (χ1v) is 6.45. The second kappa shape index (κ2) is 3.06. The summed E-state index contributed by atoms with van der Waals surface area (Å²) in [5.74, 6) is 1.45. The van der Waals surface area contributed by atoms with Gasteiger partial charge in [0.2, 0.25) is 0 Å². The zero-order valence-electron chi connectivity index (χ0n) is 9.56. The van der Waals surface area contributed by atoms with E-state index < -0.39 is 0 Å². The zero-order valence-corrected chi connectivity index (χ0v) is 9.56. The van der Waals surface area contributed by atoms with E-state index in [4.69, 9.17) is 0 Å². The molecule has 17 heavy (non-hydrogen) atoms. The number of rotatable bonds is 0. The van der Waals surface area contributed by atoms with E-state index in [1.54, 1.807) is 0 Å². The van der Waals surface area contributed by atoms with E-state index in [-0.39, 0.29) is 23.4 Å². The van der Waals surface area contributed by atoms with Gasteiger partial charge in [-0.3, -0.25) is 9.59 Å². The highest BCUT2D eigenvalue weighted by molar-refractivity contribution is 6.16. The minimum atomic E-state index is 0.0103. The lowest BCUT2D eigenvalue weighted by Gasteiger charge is -2.33. The van der Waals surface area contributed by atoms with Crippen LogP contribution in [0.1, 0.15) is 40.0 Å². The SMILES string of the molecule is O=C1c2ccccc2C(=O)C2C3CCC(C3)C12. The van der Waals surface area contributed by atoms with Gasteiger partial charge in [0.15, 0.2) is 11.6 Å². The van der Waals surface area contributed by atoms with Gasteiger partial charge in [-0.15, -0.1) is 0 Å². The minimum Gasteiger partial charge on any atom is -0.294 e. The summed E-state index contributed by atoms with van der Waals surface area (Å²) in [5.41, 5.74) is 1.34. The molecule has 4 atom stereocenters. The Morgan fingerprint density at radius 1 is 0.824 bits per heavy atom. The number of Topliss-reactive ketones (excluding diaryl/α,β-unsaturated/α-hetero) is 2. The molecule has 0 spiro atoms. The number of ketones is 2. The molecule has 2 fully saturated rings. The highest BCUT2D eigenvalue weighted by Gasteiger charge is 2.56. The fourth-order valence-electron chi connectivity index (χ4n) is 4.32. The van der Waals surface area contributed by atoms with Crippen LogP contribution in [0.15, 0.2) is 24.3 Å². The molecule has 86 valence electrons. The molecule has 4 rings (SSSR count). The predicted octanol–water partition coefficient (Wildman–Crippen LogP) is 2.73. The summed E-state index contributed by atoms with van der Waals surface area (Å²) in [6, 6.07) is 7.35. The molecule has 2 nitrogen and oxygen atoms in total. The first kappa shape index (κ1) is 9.58. The molecular weight excluding hydrogens is 212 g/mol. The number of fused-ring (bicyclic) bond motifs is 6. The molecule has 3 aliphatic carbocycles. The lowest BCUT2D eigenvalue weighted by molar-refractivity contribution is 0.0661. The fraction of sp³-hybridized carbons (Fsp3) is 0.467. The molecule has 2 saturated carbocycles. The number of carbonyl (C=O) groups excluding carboxylic acids is 2. The monoisotopic (exact) mass is 226 g/mol. The van der Waals surface area contributed by atoms with Crippen LogP contribution in [0.3, 0.4) is 0 Å². The summed E-state index contributed by atoms with van der Waals surface area (Å²) < 4.78 is 0. The summed E-state index contributed by atoms with van der Waals surface area (Å²) >= 11 is 0. The van der Waals surface area contributed by atoms with Gasteiger partial charge in [0.25, 0.3) is 0 Å². The summed E-state index contributed by atoms with van der Waals surface area (Å²) in [6.07, 6.45) is 3.39. The Bertz CT molecular complexity index is 484. The molecule has 0 aromatic heterocycles. The minimum absolute atomic E-state index is 0.0103. The van der Waals surface area contributed by atoms with E-state index in [0.29, 0.717) is 23.0 Å². The highest BCUT2D eigenvalue weighted by atomic mass is 16.1. The topological polar surface area (TPSA) is 34.1 Å². The molecule has 0 amide bonds. The third-order valence-electron chi connectivity index (χ3n) is 4.98.